The number of aldehydes is 3. The van der Waals surface area contributed by atoms with Gasteiger partial charge in [0, 0.05) is 29.1 Å². The molecule has 4 heteroatoms. The summed E-state index contributed by atoms with van der Waals surface area (Å²) in [6, 6.07) is 10.3. The van der Waals surface area contributed by atoms with Crippen LogP contribution < -0.4 is 0 Å². The lowest BCUT2D eigenvalue weighted by Crippen LogP contribution is -1.96. The lowest BCUT2D eigenvalue weighted by molar-refractivity contribution is 0.108. The van der Waals surface area contributed by atoms with E-state index in [-0.39, 0.29) is 16.7 Å². The van der Waals surface area contributed by atoms with Crippen LogP contribution in [0, 0.1) is 0 Å². The Kier molecular flexibility index (Phi) is 5.69. The molecule has 0 saturated carbocycles. The predicted octanol–water partition coefficient (Wildman–Crippen LogP) is 2.21. The maximum absolute atomic E-state index is 10.4. The van der Waals surface area contributed by atoms with Crippen LogP contribution in [0.5, 0.6) is 0 Å². The first-order valence-electron chi connectivity index (χ1n) is 5.17. The normalized spacial score (nSPS) is 8.67. The first kappa shape index (κ1) is 13.4. The molecule has 0 bridgehead atoms. The lowest BCUT2D eigenvalue weighted by atomic mass is 10.0. The number of aromatic nitrogens is 1. The van der Waals surface area contributed by atoms with Crippen LogP contribution >= 0.6 is 0 Å². The molecule has 2 rings (SSSR count). The van der Waals surface area contributed by atoms with E-state index in [4.69, 9.17) is 0 Å². The van der Waals surface area contributed by atoms with Gasteiger partial charge in [0.2, 0.25) is 0 Å². The molecule has 0 spiro atoms. The fourth-order valence-corrected chi connectivity index (χ4v) is 1.26. The Balaban J connectivity index is 0.000000225. The molecule has 0 saturated heterocycles. The van der Waals surface area contributed by atoms with Crippen molar-refractivity contribution in [3.05, 3.63) is 65.5 Å². The van der Waals surface area contributed by atoms with Gasteiger partial charge in [0.1, 0.15) is 0 Å². The summed E-state index contributed by atoms with van der Waals surface area (Å²) in [5, 5.41) is 0. The molecule has 90 valence electrons. The fraction of sp³-hybridized carbons (Fsp3) is 0. The molecule has 4 nitrogen and oxygen atoms in total. The first-order valence-corrected chi connectivity index (χ1v) is 5.17. The molecule has 0 unspecified atom stereocenters. The first-order chi connectivity index (χ1) is 8.83. The summed E-state index contributed by atoms with van der Waals surface area (Å²) in [5.74, 6) is 0. The van der Waals surface area contributed by atoms with Crippen molar-refractivity contribution >= 4 is 18.9 Å². The second-order valence-electron chi connectivity index (χ2n) is 3.23. The van der Waals surface area contributed by atoms with Crippen molar-refractivity contribution in [1.82, 2.24) is 4.98 Å². The third-order valence-electron chi connectivity index (χ3n) is 2.11. The monoisotopic (exact) mass is 241 g/mol. The highest BCUT2D eigenvalue weighted by Gasteiger charge is 2.04. The van der Waals surface area contributed by atoms with Gasteiger partial charge in [-0.3, -0.25) is 19.4 Å². The topological polar surface area (TPSA) is 64.1 Å². The zero-order valence-electron chi connectivity index (χ0n) is 9.52. The molecule has 0 amide bonds. The molecule has 1 aromatic carbocycles. The van der Waals surface area contributed by atoms with Crippen LogP contribution in [0.25, 0.3) is 0 Å². The Morgan fingerprint density at radius 3 is 1.56 bits per heavy atom. The minimum absolute atomic E-state index is 0.155. The SMILES string of the molecule is O=Cc1cccc(C=O)c1C=O.c1ccncc1. The van der Waals surface area contributed by atoms with E-state index < -0.39 is 0 Å². The molecule has 18 heavy (non-hydrogen) atoms. The minimum Gasteiger partial charge on any atom is -0.298 e. The summed E-state index contributed by atoms with van der Waals surface area (Å²) in [4.78, 5) is 35.0. The largest absolute Gasteiger partial charge is 0.298 e. The van der Waals surface area contributed by atoms with Gasteiger partial charge in [0.15, 0.2) is 18.9 Å². The third-order valence-corrected chi connectivity index (χ3v) is 2.11. The molecule has 1 aromatic heterocycles. The predicted molar refractivity (Wildman–Crippen MR) is 66.8 cm³/mol. The Morgan fingerprint density at radius 2 is 1.28 bits per heavy atom. The van der Waals surface area contributed by atoms with Crippen molar-refractivity contribution < 1.29 is 14.4 Å². The van der Waals surface area contributed by atoms with Gasteiger partial charge in [-0.25, -0.2) is 0 Å². The van der Waals surface area contributed by atoms with Crippen molar-refractivity contribution in [3.63, 3.8) is 0 Å². The van der Waals surface area contributed by atoms with E-state index in [0.717, 1.165) is 0 Å². The van der Waals surface area contributed by atoms with Crippen molar-refractivity contribution in [2.45, 2.75) is 0 Å². The zero-order valence-corrected chi connectivity index (χ0v) is 9.52. The maximum Gasteiger partial charge on any atom is 0.151 e. The van der Waals surface area contributed by atoms with E-state index >= 15 is 0 Å². The number of pyridine rings is 1. The third kappa shape index (κ3) is 3.75. The number of carbonyl (C=O) groups excluding carboxylic acids is 3. The molecule has 0 aliphatic carbocycles. The van der Waals surface area contributed by atoms with Crippen LogP contribution in [0.4, 0.5) is 0 Å². The second kappa shape index (κ2) is 7.62. The van der Waals surface area contributed by atoms with Crippen molar-refractivity contribution in [2.24, 2.45) is 0 Å². The van der Waals surface area contributed by atoms with Crippen molar-refractivity contribution in [3.8, 4) is 0 Å². The zero-order chi connectivity index (χ0) is 13.2. The molecular weight excluding hydrogens is 230 g/mol. The summed E-state index contributed by atoms with van der Waals surface area (Å²) in [6.07, 6.45) is 5.11. The van der Waals surface area contributed by atoms with Gasteiger partial charge in [0.05, 0.1) is 0 Å². The van der Waals surface area contributed by atoms with E-state index in [9.17, 15) is 14.4 Å². The number of hydrogen-bond acceptors (Lipinski definition) is 4. The summed E-state index contributed by atoms with van der Waals surface area (Å²) in [6.45, 7) is 0. The highest BCUT2D eigenvalue weighted by molar-refractivity contribution is 5.98. The Morgan fingerprint density at radius 1 is 0.722 bits per heavy atom. The Bertz CT molecular complexity index is 471. The molecule has 0 atom stereocenters. The van der Waals surface area contributed by atoms with Gasteiger partial charge in [-0.15, -0.1) is 0 Å². The second-order valence-corrected chi connectivity index (χ2v) is 3.23. The Labute approximate surface area is 104 Å². The Hall–Kier alpha value is -2.62. The molecule has 2 aromatic rings. The number of hydrogen-bond donors (Lipinski definition) is 0. The standard InChI is InChI=1S/C9H6O3.C5H5N/c10-4-7-2-1-3-8(5-11)9(7)6-12;1-2-4-6-5-3-1/h1-6H;1-5H. The van der Waals surface area contributed by atoms with Crippen molar-refractivity contribution in [1.29, 1.82) is 0 Å². The van der Waals surface area contributed by atoms with Crippen LogP contribution in [-0.4, -0.2) is 23.8 Å². The van der Waals surface area contributed by atoms with Crippen LogP contribution in [0.1, 0.15) is 31.1 Å². The quantitative estimate of drug-likeness (QED) is 0.773. The fourth-order valence-electron chi connectivity index (χ4n) is 1.26. The van der Waals surface area contributed by atoms with Gasteiger partial charge in [0.25, 0.3) is 0 Å². The summed E-state index contributed by atoms with van der Waals surface area (Å²) in [5.41, 5.74) is 0.645. The van der Waals surface area contributed by atoms with Gasteiger partial charge >= 0.3 is 0 Å². The lowest BCUT2D eigenvalue weighted by Gasteiger charge is -1.97. The van der Waals surface area contributed by atoms with Gasteiger partial charge < -0.3 is 0 Å². The highest BCUT2D eigenvalue weighted by atomic mass is 16.1. The van der Waals surface area contributed by atoms with Crippen molar-refractivity contribution in [2.75, 3.05) is 0 Å². The smallest absolute Gasteiger partial charge is 0.151 e. The maximum atomic E-state index is 10.4. The molecule has 1 heterocycles. The van der Waals surface area contributed by atoms with Gasteiger partial charge in [-0.2, -0.15) is 0 Å². The van der Waals surface area contributed by atoms with Gasteiger partial charge in [-0.1, -0.05) is 24.3 Å². The van der Waals surface area contributed by atoms with Crippen LogP contribution in [0.3, 0.4) is 0 Å². The molecular formula is C14H11NO3. The van der Waals surface area contributed by atoms with Crippen LogP contribution in [0.2, 0.25) is 0 Å². The number of rotatable bonds is 3. The average molecular weight is 241 g/mol. The van der Waals surface area contributed by atoms with E-state index in [1.165, 1.54) is 12.1 Å². The van der Waals surface area contributed by atoms with E-state index in [0.29, 0.717) is 18.9 Å². The van der Waals surface area contributed by atoms with E-state index in [1.54, 1.807) is 18.5 Å². The van der Waals surface area contributed by atoms with Crippen LogP contribution in [0.15, 0.2) is 48.8 Å². The van der Waals surface area contributed by atoms with E-state index in [2.05, 4.69) is 4.98 Å². The molecule has 0 radical (unpaired) electrons. The number of nitrogens with zero attached hydrogens (tertiary/aromatic N) is 1. The van der Waals surface area contributed by atoms with Gasteiger partial charge in [-0.05, 0) is 12.1 Å². The molecule has 0 aliphatic rings. The summed E-state index contributed by atoms with van der Waals surface area (Å²) < 4.78 is 0. The molecule has 0 N–H and O–H groups in total. The highest BCUT2D eigenvalue weighted by Crippen LogP contribution is 2.08. The molecule has 0 aliphatic heterocycles. The minimum atomic E-state index is 0.155. The number of benzene rings is 1. The van der Waals surface area contributed by atoms with E-state index in [1.807, 2.05) is 18.2 Å². The van der Waals surface area contributed by atoms with Crippen LogP contribution in [-0.2, 0) is 0 Å². The summed E-state index contributed by atoms with van der Waals surface area (Å²) in [7, 11) is 0. The number of carbonyl (C=O) groups is 3. The summed E-state index contributed by atoms with van der Waals surface area (Å²) >= 11 is 0. The molecule has 0 fully saturated rings. The average Bonchev–Trinajstić information content (AvgIpc) is 2.48.